The minimum Gasteiger partial charge on any atom is -0.512 e. The summed E-state index contributed by atoms with van der Waals surface area (Å²) in [7, 11) is 0. The Balaban J connectivity index is 1.22. The molecule has 0 amide bonds. The Morgan fingerprint density at radius 3 is 1.34 bits per heavy atom. The summed E-state index contributed by atoms with van der Waals surface area (Å²) in [6, 6.07) is 23.4. The average molecular weight is 593 g/mol. The monoisotopic (exact) mass is 592 g/mol. The molecular formula is C40H48O4. The quantitative estimate of drug-likeness (QED) is 0.230. The van der Waals surface area contributed by atoms with Crippen molar-refractivity contribution < 1.29 is 20.4 Å². The molecule has 0 heterocycles. The zero-order valence-corrected chi connectivity index (χ0v) is 26.3. The number of aliphatic hydroxyl groups is 1. The molecule has 0 atom stereocenters. The van der Waals surface area contributed by atoms with Gasteiger partial charge in [0.1, 0.15) is 17.2 Å². The molecule has 0 aromatic heterocycles. The molecule has 0 saturated heterocycles. The van der Waals surface area contributed by atoms with E-state index in [0.29, 0.717) is 23.3 Å². The van der Waals surface area contributed by atoms with Crippen molar-refractivity contribution in [3.8, 4) is 17.2 Å². The maximum absolute atomic E-state index is 10.3. The fourth-order valence-electron chi connectivity index (χ4n) is 9.15. The molecule has 0 unspecified atom stereocenters. The molecule has 232 valence electrons. The van der Waals surface area contributed by atoms with Gasteiger partial charge < -0.3 is 20.4 Å². The van der Waals surface area contributed by atoms with Crippen LogP contribution in [0.4, 0.5) is 0 Å². The maximum Gasteiger partial charge on any atom is 0.115 e. The number of hydrogen-bond donors (Lipinski definition) is 4. The molecule has 6 rings (SSSR count). The van der Waals surface area contributed by atoms with Gasteiger partial charge in [-0.15, -0.1) is 0 Å². The lowest BCUT2D eigenvalue weighted by Crippen LogP contribution is -2.43. The molecule has 3 aromatic rings. The summed E-state index contributed by atoms with van der Waals surface area (Å²) in [4.78, 5) is 0. The van der Waals surface area contributed by atoms with Crippen molar-refractivity contribution in [2.24, 2.45) is 17.3 Å². The summed E-state index contributed by atoms with van der Waals surface area (Å²) in [5.74, 6) is 2.61. The van der Waals surface area contributed by atoms with Crippen LogP contribution in [0.25, 0.3) is 0 Å². The van der Waals surface area contributed by atoms with Crippen molar-refractivity contribution in [1.82, 2.24) is 0 Å². The Labute approximate surface area is 262 Å². The van der Waals surface area contributed by atoms with Gasteiger partial charge in [0.2, 0.25) is 0 Å². The summed E-state index contributed by atoms with van der Waals surface area (Å²) >= 11 is 0. The second-order valence-corrected chi connectivity index (χ2v) is 14.4. The predicted molar refractivity (Wildman–Crippen MR) is 177 cm³/mol. The molecule has 0 bridgehead atoms. The number of benzene rings is 3. The van der Waals surface area contributed by atoms with Gasteiger partial charge in [-0.25, -0.2) is 0 Å². The average Bonchev–Trinajstić information content (AvgIpc) is 3.26. The number of phenolic OH excluding ortho intramolecular Hbond substituents is 3. The number of rotatable bonds is 6. The Bertz CT molecular complexity index is 1430. The first-order valence-electron chi connectivity index (χ1n) is 16.6. The molecule has 44 heavy (non-hydrogen) atoms. The third-order valence-corrected chi connectivity index (χ3v) is 12.0. The number of phenols is 3. The van der Waals surface area contributed by atoms with Crippen molar-refractivity contribution in [3.05, 3.63) is 113 Å². The van der Waals surface area contributed by atoms with Crippen LogP contribution in [0.2, 0.25) is 0 Å². The molecule has 4 nitrogen and oxygen atoms in total. The summed E-state index contributed by atoms with van der Waals surface area (Å²) in [5.41, 5.74) is 5.22. The van der Waals surface area contributed by atoms with Crippen molar-refractivity contribution in [2.75, 3.05) is 0 Å². The Morgan fingerprint density at radius 2 is 0.909 bits per heavy atom. The van der Waals surface area contributed by atoms with Gasteiger partial charge in [-0.2, -0.15) is 0 Å². The highest BCUT2D eigenvalue weighted by molar-refractivity contribution is 5.44. The van der Waals surface area contributed by atoms with Gasteiger partial charge in [-0.1, -0.05) is 61.9 Å². The number of allylic oxidation sites excluding steroid dienone is 4. The largest absolute Gasteiger partial charge is 0.512 e. The van der Waals surface area contributed by atoms with E-state index in [9.17, 15) is 20.4 Å². The predicted octanol–water partition coefficient (Wildman–Crippen LogP) is 9.99. The standard InChI is InChI=1S/C40H48O4/c1-38(2,29-22-26-40(27-23-29,32-9-16-36(43)17-10-32)33-11-18-37(44)19-12-33)28-20-24-39(25-21-28,31-7-14-35(42)15-8-31)30-4-3-5-34(41)13-6-30/h6-19,28-29,41-44H,3-5,20-27H2,1-2H3. The van der Waals surface area contributed by atoms with E-state index in [2.05, 4.69) is 56.3 Å². The van der Waals surface area contributed by atoms with E-state index in [0.717, 1.165) is 57.8 Å². The molecule has 4 heteroatoms. The fourth-order valence-corrected chi connectivity index (χ4v) is 9.15. The second kappa shape index (κ2) is 12.0. The third kappa shape index (κ3) is 5.64. The molecule has 0 spiro atoms. The van der Waals surface area contributed by atoms with Crippen LogP contribution in [-0.2, 0) is 10.8 Å². The van der Waals surface area contributed by atoms with E-state index >= 15 is 0 Å². The first-order chi connectivity index (χ1) is 21.1. The van der Waals surface area contributed by atoms with Crippen molar-refractivity contribution in [1.29, 1.82) is 0 Å². The number of hydrogen-bond acceptors (Lipinski definition) is 4. The molecule has 2 fully saturated rings. The van der Waals surface area contributed by atoms with Crippen LogP contribution < -0.4 is 0 Å². The minimum atomic E-state index is -0.125. The van der Waals surface area contributed by atoms with Gasteiger partial charge in [0, 0.05) is 17.3 Å². The summed E-state index contributed by atoms with van der Waals surface area (Å²) in [6.07, 6.45) is 15.7. The van der Waals surface area contributed by atoms with Crippen LogP contribution in [0.1, 0.15) is 101 Å². The van der Waals surface area contributed by atoms with E-state index in [1.165, 1.54) is 35.1 Å². The third-order valence-electron chi connectivity index (χ3n) is 12.0. The maximum atomic E-state index is 10.3. The van der Waals surface area contributed by atoms with Crippen LogP contribution in [0.15, 0.2) is 96.3 Å². The highest BCUT2D eigenvalue weighted by atomic mass is 16.3. The summed E-state index contributed by atoms with van der Waals surface area (Å²) in [6.45, 7) is 5.02. The molecule has 3 aliphatic rings. The lowest BCUT2D eigenvalue weighted by atomic mass is 9.53. The molecule has 4 N–H and O–H groups in total. The summed E-state index contributed by atoms with van der Waals surface area (Å²) < 4.78 is 0. The van der Waals surface area contributed by atoms with Crippen LogP contribution in [0.5, 0.6) is 17.2 Å². The second-order valence-electron chi connectivity index (χ2n) is 14.4. The zero-order chi connectivity index (χ0) is 31.0. The minimum absolute atomic E-state index is 0.0547. The Hall–Kier alpha value is -3.66. The van der Waals surface area contributed by atoms with E-state index in [-0.39, 0.29) is 27.7 Å². The molecular weight excluding hydrogens is 544 g/mol. The highest BCUT2D eigenvalue weighted by Gasteiger charge is 2.48. The van der Waals surface area contributed by atoms with E-state index in [1.54, 1.807) is 24.3 Å². The van der Waals surface area contributed by atoms with Gasteiger partial charge in [-0.05, 0) is 141 Å². The molecule has 0 aliphatic heterocycles. The Morgan fingerprint density at radius 1 is 0.523 bits per heavy atom. The van der Waals surface area contributed by atoms with Crippen LogP contribution in [-0.4, -0.2) is 20.4 Å². The lowest BCUT2D eigenvalue weighted by molar-refractivity contribution is 0.0357. The topological polar surface area (TPSA) is 80.9 Å². The highest BCUT2D eigenvalue weighted by Crippen LogP contribution is 2.57. The van der Waals surface area contributed by atoms with Gasteiger partial charge in [0.15, 0.2) is 0 Å². The van der Waals surface area contributed by atoms with E-state index in [1.807, 2.05) is 18.2 Å². The van der Waals surface area contributed by atoms with Crippen LogP contribution in [0.3, 0.4) is 0 Å². The first kappa shape index (κ1) is 30.4. The molecule has 0 radical (unpaired) electrons. The number of aromatic hydroxyl groups is 3. The van der Waals surface area contributed by atoms with Crippen LogP contribution in [0, 0.1) is 17.3 Å². The zero-order valence-electron chi connectivity index (χ0n) is 26.3. The molecule has 2 saturated carbocycles. The van der Waals surface area contributed by atoms with Gasteiger partial charge in [-0.3, -0.25) is 0 Å². The normalized spacial score (nSPS) is 24.6. The van der Waals surface area contributed by atoms with E-state index < -0.39 is 0 Å². The summed E-state index contributed by atoms with van der Waals surface area (Å²) in [5, 5.41) is 40.3. The van der Waals surface area contributed by atoms with Crippen molar-refractivity contribution >= 4 is 0 Å². The van der Waals surface area contributed by atoms with Gasteiger partial charge in [0.25, 0.3) is 0 Å². The molecule has 3 aromatic carbocycles. The first-order valence-corrected chi connectivity index (χ1v) is 16.6. The molecule has 3 aliphatic carbocycles. The lowest BCUT2D eigenvalue weighted by Gasteiger charge is -2.52. The SMILES string of the molecule is CC(C)(C1CCC(C2=CC=C(O)CCC2)(c2ccc(O)cc2)CC1)C1CCC(c2ccc(O)cc2)(c2ccc(O)cc2)CC1. The van der Waals surface area contributed by atoms with Crippen molar-refractivity contribution in [2.45, 2.75) is 95.3 Å². The van der Waals surface area contributed by atoms with Gasteiger partial charge in [0.05, 0.1) is 5.76 Å². The Kier molecular flexibility index (Phi) is 8.30. The number of aliphatic hydroxyl groups excluding tert-OH is 1. The fraction of sp³-hybridized carbons (Fsp3) is 0.450. The van der Waals surface area contributed by atoms with Gasteiger partial charge >= 0.3 is 0 Å². The van der Waals surface area contributed by atoms with Crippen LogP contribution >= 0.6 is 0 Å². The smallest absolute Gasteiger partial charge is 0.115 e. The van der Waals surface area contributed by atoms with E-state index in [4.69, 9.17) is 0 Å². The van der Waals surface area contributed by atoms with Crippen molar-refractivity contribution in [3.63, 3.8) is 0 Å².